The Morgan fingerprint density at radius 2 is 1.74 bits per heavy atom. The van der Waals surface area contributed by atoms with Crippen molar-refractivity contribution >= 4 is 27.3 Å². The Hall–Kier alpha value is -2.37. The van der Waals surface area contributed by atoms with Crippen LogP contribution in [0.3, 0.4) is 0 Å². The second-order valence-corrected chi connectivity index (χ2v) is 4.59. The molecule has 0 atom stereocenters. The summed E-state index contributed by atoms with van der Waals surface area (Å²) in [6.07, 6.45) is 0. The van der Waals surface area contributed by atoms with Crippen molar-refractivity contribution in [1.29, 1.82) is 10.5 Å². The van der Waals surface area contributed by atoms with Crippen LogP contribution in [0.2, 0.25) is 0 Å². The van der Waals surface area contributed by atoms with Crippen LogP contribution >= 0.6 is 15.9 Å². The highest BCUT2D eigenvalue weighted by molar-refractivity contribution is 9.10. The number of hydrogen-bond donors (Lipinski definition) is 1. The first kappa shape index (κ1) is 13.1. The molecule has 19 heavy (non-hydrogen) atoms. The molecule has 0 amide bonds. The van der Waals surface area contributed by atoms with Gasteiger partial charge in [0.2, 0.25) is 0 Å². The Balaban J connectivity index is 2.35. The van der Waals surface area contributed by atoms with Crippen LogP contribution in [-0.4, -0.2) is 0 Å². The minimum atomic E-state index is -0.455. The van der Waals surface area contributed by atoms with Gasteiger partial charge in [-0.1, -0.05) is 0 Å². The molecule has 0 saturated carbocycles. The normalized spacial score (nSPS) is 9.47. The standard InChI is InChI=1S/C14H7BrFN3/c15-13-6-12(3-1-9(13)7-17)19-14-4-2-11(16)5-10(14)8-18/h1-6,19H. The van der Waals surface area contributed by atoms with Crippen molar-refractivity contribution in [2.45, 2.75) is 0 Å². The summed E-state index contributed by atoms with van der Waals surface area (Å²) in [7, 11) is 0. The van der Waals surface area contributed by atoms with Crippen molar-refractivity contribution in [1.82, 2.24) is 0 Å². The summed E-state index contributed by atoms with van der Waals surface area (Å²) in [5, 5.41) is 20.8. The fraction of sp³-hybridized carbons (Fsp3) is 0. The lowest BCUT2D eigenvalue weighted by molar-refractivity contribution is 0.627. The quantitative estimate of drug-likeness (QED) is 0.908. The number of hydrogen-bond acceptors (Lipinski definition) is 3. The van der Waals surface area contributed by atoms with Gasteiger partial charge in [-0.05, 0) is 52.3 Å². The van der Waals surface area contributed by atoms with E-state index in [1.54, 1.807) is 18.2 Å². The molecular weight excluding hydrogens is 309 g/mol. The van der Waals surface area contributed by atoms with Crippen molar-refractivity contribution in [2.75, 3.05) is 5.32 Å². The van der Waals surface area contributed by atoms with E-state index in [9.17, 15) is 4.39 Å². The highest BCUT2D eigenvalue weighted by atomic mass is 79.9. The minimum Gasteiger partial charge on any atom is -0.354 e. The Morgan fingerprint density at radius 1 is 1.00 bits per heavy atom. The average molecular weight is 316 g/mol. The number of halogens is 2. The molecular formula is C14H7BrFN3. The van der Waals surface area contributed by atoms with E-state index in [0.29, 0.717) is 21.4 Å². The molecule has 5 heteroatoms. The molecule has 0 saturated heterocycles. The van der Waals surface area contributed by atoms with Gasteiger partial charge in [-0.25, -0.2) is 4.39 Å². The lowest BCUT2D eigenvalue weighted by Crippen LogP contribution is -1.95. The summed E-state index contributed by atoms with van der Waals surface area (Å²) in [6, 6.07) is 13.0. The maximum Gasteiger partial charge on any atom is 0.124 e. The third kappa shape index (κ3) is 2.90. The molecule has 0 heterocycles. The average Bonchev–Trinajstić information content (AvgIpc) is 2.41. The number of nitrogens with zero attached hydrogens (tertiary/aromatic N) is 2. The SMILES string of the molecule is N#Cc1ccc(Nc2ccc(F)cc2C#N)cc1Br. The largest absolute Gasteiger partial charge is 0.354 e. The summed E-state index contributed by atoms with van der Waals surface area (Å²) in [5.74, 6) is -0.455. The molecule has 0 aliphatic heterocycles. The van der Waals surface area contributed by atoms with E-state index in [1.165, 1.54) is 18.2 Å². The Morgan fingerprint density at radius 3 is 2.37 bits per heavy atom. The molecule has 3 nitrogen and oxygen atoms in total. The smallest absolute Gasteiger partial charge is 0.124 e. The fourth-order valence-corrected chi connectivity index (χ4v) is 2.02. The summed E-state index contributed by atoms with van der Waals surface area (Å²) in [5.41, 5.74) is 1.96. The minimum absolute atomic E-state index is 0.223. The van der Waals surface area contributed by atoms with Gasteiger partial charge >= 0.3 is 0 Å². The molecule has 2 aromatic carbocycles. The molecule has 92 valence electrons. The summed E-state index contributed by atoms with van der Waals surface area (Å²) < 4.78 is 13.7. The molecule has 0 aliphatic rings. The maximum absolute atomic E-state index is 13.0. The van der Waals surface area contributed by atoms with Crippen LogP contribution < -0.4 is 5.32 Å². The predicted molar refractivity (Wildman–Crippen MR) is 73.3 cm³/mol. The zero-order chi connectivity index (χ0) is 13.8. The Bertz CT molecular complexity index is 714. The molecule has 0 aromatic heterocycles. The van der Waals surface area contributed by atoms with Gasteiger partial charge in [-0.2, -0.15) is 10.5 Å². The van der Waals surface area contributed by atoms with Gasteiger partial charge in [-0.3, -0.25) is 0 Å². The summed E-state index contributed by atoms with van der Waals surface area (Å²) >= 11 is 3.28. The molecule has 0 radical (unpaired) electrons. The van der Waals surface area contributed by atoms with E-state index in [4.69, 9.17) is 10.5 Å². The lowest BCUT2D eigenvalue weighted by Gasteiger charge is -2.09. The Labute approximate surface area is 118 Å². The van der Waals surface area contributed by atoms with Gasteiger partial charge in [0.25, 0.3) is 0 Å². The monoisotopic (exact) mass is 315 g/mol. The third-order valence-corrected chi connectivity index (χ3v) is 3.13. The molecule has 0 fully saturated rings. The van der Waals surface area contributed by atoms with Crippen molar-refractivity contribution in [3.05, 3.63) is 57.8 Å². The lowest BCUT2D eigenvalue weighted by atomic mass is 10.1. The van der Waals surface area contributed by atoms with E-state index in [2.05, 4.69) is 21.2 Å². The van der Waals surface area contributed by atoms with Crippen LogP contribution in [0.25, 0.3) is 0 Å². The number of nitriles is 2. The van der Waals surface area contributed by atoms with Crippen molar-refractivity contribution < 1.29 is 4.39 Å². The van der Waals surface area contributed by atoms with Crippen LogP contribution in [0.5, 0.6) is 0 Å². The van der Waals surface area contributed by atoms with Gasteiger partial charge in [0.15, 0.2) is 0 Å². The molecule has 1 N–H and O–H groups in total. The van der Waals surface area contributed by atoms with Crippen molar-refractivity contribution in [3.8, 4) is 12.1 Å². The van der Waals surface area contributed by atoms with E-state index < -0.39 is 5.82 Å². The molecule has 0 aliphatic carbocycles. The number of nitrogens with one attached hydrogen (secondary N) is 1. The van der Waals surface area contributed by atoms with Crippen LogP contribution in [0.15, 0.2) is 40.9 Å². The van der Waals surface area contributed by atoms with E-state index in [-0.39, 0.29) is 5.56 Å². The van der Waals surface area contributed by atoms with E-state index in [0.717, 1.165) is 0 Å². The zero-order valence-electron chi connectivity index (χ0n) is 9.61. The van der Waals surface area contributed by atoms with Gasteiger partial charge in [0.1, 0.15) is 18.0 Å². The number of benzene rings is 2. The number of anilines is 2. The molecule has 0 spiro atoms. The van der Waals surface area contributed by atoms with Crippen LogP contribution in [-0.2, 0) is 0 Å². The molecule has 0 bridgehead atoms. The second-order valence-electron chi connectivity index (χ2n) is 3.73. The van der Waals surface area contributed by atoms with Crippen molar-refractivity contribution in [2.24, 2.45) is 0 Å². The maximum atomic E-state index is 13.0. The van der Waals surface area contributed by atoms with Gasteiger partial charge in [0, 0.05) is 10.2 Å². The van der Waals surface area contributed by atoms with Crippen LogP contribution in [0.4, 0.5) is 15.8 Å². The zero-order valence-corrected chi connectivity index (χ0v) is 11.2. The summed E-state index contributed by atoms with van der Waals surface area (Å²) in [6.45, 7) is 0. The first-order valence-corrected chi connectivity index (χ1v) is 6.09. The highest BCUT2D eigenvalue weighted by Gasteiger charge is 2.05. The van der Waals surface area contributed by atoms with E-state index >= 15 is 0 Å². The predicted octanol–water partition coefficient (Wildman–Crippen LogP) is 4.08. The van der Waals surface area contributed by atoms with Gasteiger partial charge in [-0.15, -0.1) is 0 Å². The molecule has 2 aromatic rings. The second kappa shape index (κ2) is 5.51. The molecule has 0 unspecified atom stereocenters. The first-order valence-electron chi connectivity index (χ1n) is 5.30. The highest BCUT2D eigenvalue weighted by Crippen LogP contribution is 2.25. The van der Waals surface area contributed by atoms with E-state index in [1.807, 2.05) is 12.1 Å². The van der Waals surface area contributed by atoms with Gasteiger partial charge in [0.05, 0.1) is 16.8 Å². The summed E-state index contributed by atoms with van der Waals surface area (Å²) in [4.78, 5) is 0. The van der Waals surface area contributed by atoms with Crippen LogP contribution in [0.1, 0.15) is 11.1 Å². The first-order chi connectivity index (χ1) is 9.13. The van der Waals surface area contributed by atoms with Gasteiger partial charge < -0.3 is 5.32 Å². The van der Waals surface area contributed by atoms with Crippen molar-refractivity contribution in [3.63, 3.8) is 0 Å². The third-order valence-electron chi connectivity index (χ3n) is 2.47. The fourth-order valence-electron chi connectivity index (χ4n) is 1.56. The van der Waals surface area contributed by atoms with Crippen LogP contribution in [0, 0.1) is 28.5 Å². The number of rotatable bonds is 2. The Kier molecular flexibility index (Phi) is 3.79. The molecule has 2 rings (SSSR count). The topological polar surface area (TPSA) is 59.6 Å².